The van der Waals surface area contributed by atoms with E-state index < -0.39 is 0 Å². The zero-order valence-electron chi connectivity index (χ0n) is 11.5. The van der Waals surface area contributed by atoms with Crippen LogP contribution in [0.5, 0.6) is 0 Å². The summed E-state index contributed by atoms with van der Waals surface area (Å²) in [6.07, 6.45) is 8.65. The molecule has 0 amide bonds. The summed E-state index contributed by atoms with van der Waals surface area (Å²) in [5, 5.41) is 3.62. The zero-order chi connectivity index (χ0) is 13.9. The van der Waals surface area contributed by atoms with Gasteiger partial charge in [-0.05, 0) is 37.6 Å². The molecular weight excluding hydrogens is 280 g/mol. The number of thioether (sulfide) groups is 1. The number of rotatable bonds is 4. The number of nitrogens with two attached hydrogens (primary N) is 1. The second-order valence-electron chi connectivity index (χ2n) is 5.14. The fourth-order valence-corrected chi connectivity index (χ4v) is 3.70. The third-order valence-corrected chi connectivity index (χ3v) is 5.47. The Morgan fingerprint density at radius 3 is 2.63 bits per heavy atom. The first kappa shape index (κ1) is 14.7. The van der Waals surface area contributed by atoms with Gasteiger partial charge in [0.15, 0.2) is 5.82 Å². The summed E-state index contributed by atoms with van der Waals surface area (Å²) >= 11 is 7.84. The summed E-state index contributed by atoms with van der Waals surface area (Å²) in [7, 11) is 0. The standard InChI is InChI=1S/C13H21ClN4S/c1-9-10(15)11(18-12(14)17-9)16-8-13(19-2)6-4-3-5-7-13/h3-8,15H2,1-2H3,(H,16,17,18). The van der Waals surface area contributed by atoms with Gasteiger partial charge in [-0.1, -0.05) is 19.3 Å². The molecule has 0 aromatic carbocycles. The van der Waals surface area contributed by atoms with Crippen molar-refractivity contribution in [3.63, 3.8) is 0 Å². The van der Waals surface area contributed by atoms with Crippen LogP contribution in [0.2, 0.25) is 5.28 Å². The molecule has 3 N–H and O–H groups in total. The molecule has 2 rings (SSSR count). The van der Waals surface area contributed by atoms with Crippen molar-refractivity contribution in [3.8, 4) is 0 Å². The molecule has 1 fully saturated rings. The summed E-state index contributed by atoms with van der Waals surface area (Å²) in [5.74, 6) is 0.663. The van der Waals surface area contributed by atoms with Crippen LogP contribution < -0.4 is 11.1 Å². The summed E-state index contributed by atoms with van der Waals surface area (Å²) in [6.45, 7) is 2.73. The normalized spacial score (nSPS) is 18.3. The van der Waals surface area contributed by atoms with Crippen molar-refractivity contribution in [2.45, 2.75) is 43.8 Å². The number of hydrogen-bond acceptors (Lipinski definition) is 5. The predicted molar refractivity (Wildman–Crippen MR) is 84.0 cm³/mol. The maximum absolute atomic E-state index is 6.00. The Labute approximate surface area is 123 Å². The molecular formula is C13H21ClN4S. The van der Waals surface area contributed by atoms with Gasteiger partial charge in [-0.15, -0.1) is 0 Å². The highest BCUT2D eigenvalue weighted by atomic mass is 35.5. The van der Waals surface area contributed by atoms with E-state index in [0.717, 1.165) is 12.2 Å². The largest absolute Gasteiger partial charge is 0.394 e. The van der Waals surface area contributed by atoms with E-state index in [2.05, 4.69) is 21.5 Å². The Balaban J connectivity index is 2.09. The number of nitrogens with one attached hydrogen (secondary N) is 1. The molecule has 6 heteroatoms. The average Bonchev–Trinajstić information content (AvgIpc) is 2.42. The van der Waals surface area contributed by atoms with Crippen molar-refractivity contribution < 1.29 is 0 Å². The highest BCUT2D eigenvalue weighted by Crippen LogP contribution is 2.38. The van der Waals surface area contributed by atoms with Crippen LogP contribution in [0.4, 0.5) is 11.5 Å². The molecule has 19 heavy (non-hydrogen) atoms. The second-order valence-corrected chi connectivity index (χ2v) is 6.75. The van der Waals surface area contributed by atoms with Gasteiger partial charge < -0.3 is 11.1 Å². The average molecular weight is 301 g/mol. The molecule has 0 atom stereocenters. The monoisotopic (exact) mass is 300 g/mol. The van der Waals surface area contributed by atoms with Gasteiger partial charge >= 0.3 is 0 Å². The summed E-state index contributed by atoms with van der Waals surface area (Å²) in [5.41, 5.74) is 7.32. The molecule has 0 unspecified atom stereocenters. The van der Waals surface area contributed by atoms with Crippen molar-refractivity contribution in [1.29, 1.82) is 0 Å². The third-order valence-electron chi connectivity index (χ3n) is 3.88. The van der Waals surface area contributed by atoms with Gasteiger partial charge in [-0.25, -0.2) is 4.98 Å². The van der Waals surface area contributed by atoms with Crippen LogP contribution in [0.25, 0.3) is 0 Å². The summed E-state index contributed by atoms with van der Waals surface area (Å²) < 4.78 is 0.302. The molecule has 4 nitrogen and oxygen atoms in total. The van der Waals surface area contributed by atoms with Gasteiger partial charge in [0, 0.05) is 11.3 Å². The predicted octanol–water partition coefficient (Wildman–Crippen LogP) is 3.50. The van der Waals surface area contributed by atoms with Crippen LogP contribution in [0.1, 0.15) is 37.8 Å². The van der Waals surface area contributed by atoms with Gasteiger partial charge in [-0.3, -0.25) is 0 Å². The van der Waals surface area contributed by atoms with Crippen molar-refractivity contribution in [2.24, 2.45) is 0 Å². The van der Waals surface area contributed by atoms with Crippen LogP contribution in [-0.2, 0) is 0 Å². The van der Waals surface area contributed by atoms with Crippen LogP contribution in [0.15, 0.2) is 0 Å². The highest BCUT2D eigenvalue weighted by molar-refractivity contribution is 8.00. The van der Waals surface area contributed by atoms with Gasteiger partial charge in [0.1, 0.15) is 0 Å². The molecule has 0 bridgehead atoms. The van der Waals surface area contributed by atoms with E-state index in [4.69, 9.17) is 17.3 Å². The van der Waals surface area contributed by atoms with Crippen molar-refractivity contribution >= 4 is 34.9 Å². The molecule has 1 aliphatic carbocycles. The van der Waals surface area contributed by atoms with Crippen LogP contribution in [0, 0.1) is 6.92 Å². The second kappa shape index (κ2) is 6.18. The molecule has 1 saturated carbocycles. The first-order chi connectivity index (χ1) is 9.06. The number of halogens is 1. The maximum atomic E-state index is 6.00. The smallest absolute Gasteiger partial charge is 0.224 e. The molecule has 0 spiro atoms. The topological polar surface area (TPSA) is 63.8 Å². The van der Waals surface area contributed by atoms with E-state index in [1.165, 1.54) is 32.1 Å². The molecule has 1 aromatic rings. The number of hydrogen-bond donors (Lipinski definition) is 2. The third kappa shape index (κ3) is 3.45. The number of aryl methyl sites for hydroxylation is 1. The van der Waals surface area contributed by atoms with E-state index in [9.17, 15) is 0 Å². The Kier molecular flexibility index (Phi) is 4.79. The molecule has 0 aliphatic heterocycles. The molecule has 0 radical (unpaired) electrons. The number of nitrogens with zero attached hydrogens (tertiary/aromatic N) is 2. The fraction of sp³-hybridized carbons (Fsp3) is 0.692. The van der Waals surface area contributed by atoms with Crippen molar-refractivity contribution in [3.05, 3.63) is 11.0 Å². The van der Waals surface area contributed by atoms with E-state index >= 15 is 0 Å². The SMILES string of the molecule is CSC1(CNc2nc(Cl)nc(C)c2N)CCCCC1. The van der Waals surface area contributed by atoms with E-state index in [1.807, 2.05) is 18.7 Å². The Bertz CT molecular complexity index is 447. The van der Waals surface area contributed by atoms with Gasteiger partial charge in [0.2, 0.25) is 5.28 Å². The minimum atomic E-state index is 0.246. The maximum Gasteiger partial charge on any atom is 0.224 e. The molecule has 106 valence electrons. The first-order valence-electron chi connectivity index (χ1n) is 6.65. The van der Waals surface area contributed by atoms with Crippen molar-refractivity contribution in [1.82, 2.24) is 9.97 Å². The lowest BCUT2D eigenvalue weighted by Crippen LogP contribution is -2.36. The van der Waals surface area contributed by atoms with E-state index in [-0.39, 0.29) is 5.28 Å². The van der Waals surface area contributed by atoms with E-state index in [1.54, 1.807) is 0 Å². The van der Waals surface area contributed by atoms with Crippen LogP contribution >= 0.6 is 23.4 Å². The minimum absolute atomic E-state index is 0.246. The number of anilines is 2. The zero-order valence-corrected chi connectivity index (χ0v) is 13.1. The molecule has 1 aromatic heterocycles. The molecule has 1 aliphatic rings. The van der Waals surface area contributed by atoms with Gasteiger partial charge in [-0.2, -0.15) is 16.7 Å². The molecule has 0 saturated heterocycles. The number of nitrogen functional groups attached to an aromatic ring is 1. The lowest BCUT2D eigenvalue weighted by Gasteiger charge is -2.36. The van der Waals surface area contributed by atoms with E-state index in [0.29, 0.717) is 16.3 Å². The van der Waals surface area contributed by atoms with Crippen LogP contribution in [0.3, 0.4) is 0 Å². The quantitative estimate of drug-likeness (QED) is 0.833. The minimum Gasteiger partial charge on any atom is -0.394 e. The first-order valence-corrected chi connectivity index (χ1v) is 8.25. The lowest BCUT2D eigenvalue weighted by atomic mass is 9.88. The Morgan fingerprint density at radius 2 is 2.00 bits per heavy atom. The highest BCUT2D eigenvalue weighted by Gasteiger charge is 2.31. The fourth-order valence-electron chi connectivity index (χ4n) is 2.58. The van der Waals surface area contributed by atoms with Gasteiger partial charge in [0.25, 0.3) is 0 Å². The van der Waals surface area contributed by atoms with Crippen molar-refractivity contribution in [2.75, 3.05) is 23.9 Å². The van der Waals surface area contributed by atoms with Gasteiger partial charge in [0.05, 0.1) is 11.4 Å². The summed E-state index contributed by atoms with van der Waals surface area (Å²) in [6, 6.07) is 0. The Morgan fingerprint density at radius 1 is 1.32 bits per heavy atom. The summed E-state index contributed by atoms with van der Waals surface area (Å²) in [4.78, 5) is 8.24. The van der Waals surface area contributed by atoms with Crippen LogP contribution in [-0.4, -0.2) is 27.5 Å². The lowest BCUT2D eigenvalue weighted by molar-refractivity contribution is 0.411. The molecule has 1 heterocycles. The number of aromatic nitrogens is 2. The Hall–Kier alpha value is -0.680.